The van der Waals surface area contributed by atoms with Crippen molar-refractivity contribution in [2.24, 2.45) is 17.8 Å². The molecule has 264 valence electrons. The number of nitrogens with zero attached hydrogens (tertiary/aromatic N) is 2. The molecule has 0 spiro atoms. The molecule has 2 heterocycles. The highest BCUT2D eigenvalue weighted by atomic mass is 35.5. The van der Waals surface area contributed by atoms with E-state index in [0.717, 1.165) is 4.90 Å². The number of alkyl halides is 2. The second-order valence-corrected chi connectivity index (χ2v) is 13.9. The number of phenolic OH excluding ortho intramolecular Hbond substituents is 1. The Morgan fingerprint density at radius 3 is 2.04 bits per heavy atom. The minimum atomic E-state index is -2.81. The van der Waals surface area contributed by atoms with Gasteiger partial charge in [0, 0.05) is 17.0 Å². The van der Waals surface area contributed by atoms with Gasteiger partial charge in [0.05, 0.1) is 24.6 Å². The number of carbonyl (C=O) groups is 5. The fourth-order valence-corrected chi connectivity index (χ4v) is 8.88. The number of benzene rings is 3. The number of allylic oxidation sites excluding steroid dienone is 2. The summed E-state index contributed by atoms with van der Waals surface area (Å²) >= 11 is 14.2. The molecule has 16 heteroatoms. The lowest BCUT2D eigenvalue weighted by molar-refractivity contribution is -0.125. The molecule has 0 radical (unpaired) electrons. The predicted octanol–water partition coefficient (Wildman–Crippen LogP) is 6.07. The fourth-order valence-electron chi connectivity index (χ4n) is 7.95. The molecule has 0 bridgehead atoms. The van der Waals surface area contributed by atoms with Gasteiger partial charge >= 0.3 is 0 Å². The van der Waals surface area contributed by atoms with Gasteiger partial charge in [-0.25, -0.2) is 26.9 Å². The van der Waals surface area contributed by atoms with Crippen LogP contribution in [0.3, 0.4) is 0 Å². The Hall–Kier alpha value is -4.82. The van der Waals surface area contributed by atoms with E-state index >= 15 is 8.78 Å². The molecule has 1 saturated carbocycles. The van der Waals surface area contributed by atoms with Crippen LogP contribution in [0.15, 0.2) is 54.1 Å². The minimum absolute atomic E-state index is 0.101. The Morgan fingerprint density at radius 2 is 1.45 bits per heavy atom. The van der Waals surface area contributed by atoms with Crippen LogP contribution in [-0.4, -0.2) is 51.4 Å². The van der Waals surface area contributed by atoms with E-state index in [4.69, 9.17) is 27.9 Å². The first kappa shape index (κ1) is 34.6. The van der Waals surface area contributed by atoms with Gasteiger partial charge in [-0.05, 0) is 56.0 Å². The van der Waals surface area contributed by atoms with Crippen LogP contribution in [0.2, 0.25) is 0 Å². The zero-order valence-electron chi connectivity index (χ0n) is 26.3. The van der Waals surface area contributed by atoms with Gasteiger partial charge in [0.2, 0.25) is 17.6 Å². The quantitative estimate of drug-likeness (QED) is 0.0640. The maximum absolute atomic E-state index is 15.2. The number of ketones is 1. The standard InChI is InChI=1S/C35H23Cl2F5N2O7/c1-13(45)14-6-8-15(9-7-14)43-30(47)17-11-10-16-19(21(17)31(43)48)12-34(36)32(49)44(28-26(41)24(39)23(38)25(40)27(28)42)33(50)35(34,37)22(16)18-4-3-5-20(51-2)29(18)46/h3-10,17,19,21-22,46H,11-12H2,1-2H3. The van der Waals surface area contributed by atoms with Crippen molar-refractivity contribution in [3.8, 4) is 11.5 Å². The number of hydrogen-bond donors (Lipinski definition) is 1. The van der Waals surface area contributed by atoms with Crippen molar-refractivity contribution in [1.29, 1.82) is 0 Å². The Bertz CT molecular complexity index is 2140. The van der Waals surface area contributed by atoms with Crippen molar-refractivity contribution in [3.63, 3.8) is 0 Å². The summed E-state index contributed by atoms with van der Waals surface area (Å²) in [5.41, 5.74) is -1.48. The van der Waals surface area contributed by atoms with Crippen molar-refractivity contribution in [1.82, 2.24) is 0 Å². The van der Waals surface area contributed by atoms with Gasteiger partial charge in [0.25, 0.3) is 11.8 Å². The number of hydrogen-bond acceptors (Lipinski definition) is 7. The largest absolute Gasteiger partial charge is 0.504 e. The fraction of sp³-hybridized carbons (Fsp3) is 0.286. The summed E-state index contributed by atoms with van der Waals surface area (Å²) in [6, 6.07) is 9.70. The summed E-state index contributed by atoms with van der Waals surface area (Å²) in [6.07, 6.45) is 0.692. The molecule has 3 fully saturated rings. The van der Waals surface area contributed by atoms with Crippen molar-refractivity contribution < 1.29 is 55.8 Å². The normalized spacial score (nSPS) is 28.5. The number of aromatic hydroxyl groups is 1. The monoisotopic (exact) mass is 748 g/mol. The van der Waals surface area contributed by atoms with E-state index < -0.39 is 104 Å². The number of halogens is 7. The number of ether oxygens (including phenoxy) is 1. The first-order valence-electron chi connectivity index (χ1n) is 15.4. The van der Waals surface area contributed by atoms with E-state index in [2.05, 4.69) is 0 Å². The summed E-state index contributed by atoms with van der Waals surface area (Å²) in [6.45, 7) is 1.34. The molecule has 9 nitrogen and oxygen atoms in total. The minimum Gasteiger partial charge on any atom is -0.504 e. The lowest BCUT2D eigenvalue weighted by Crippen LogP contribution is -2.60. The zero-order valence-corrected chi connectivity index (χ0v) is 27.8. The summed E-state index contributed by atoms with van der Waals surface area (Å²) in [5.74, 6) is -23.3. The molecular formula is C35H23Cl2F5N2O7. The average molecular weight is 749 g/mol. The van der Waals surface area contributed by atoms with E-state index in [1.54, 1.807) is 0 Å². The summed E-state index contributed by atoms with van der Waals surface area (Å²) in [4.78, 5) is 63.6. The number of carbonyl (C=O) groups excluding carboxylic acids is 5. The van der Waals surface area contributed by atoms with Crippen LogP contribution in [0.1, 0.15) is 41.6 Å². The van der Waals surface area contributed by atoms with Gasteiger partial charge in [-0.15, -0.1) is 23.2 Å². The van der Waals surface area contributed by atoms with E-state index in [1.165, 1.54) is 62.6 Å². The maximum atomic E-state index is 15.2. The number of fused-ring (bicyclic) bond motifs is 4. The van der Waals surface area contributed by atoms with E-state index in [9.17, 15) is 42.3 Å². The summed E-state index contributed by atoms with van der Waals surface area (Å²) in [5, 5.41) is 11.3. The maximum Gasteiger partial charge on any atom is 0.258 e. The second-order valence-electron chi connectivity index (χ2n) is 12.7. The molecule has 2 aliphatic carbocycles. The first-order chi connectivity index (χ1) is 24.0. The predicted molar refractivity (Wildman–Crippen MR) is 170 cm³/mol. The molecule has 7 rings (SSSR count). The number of imide groups is 2. The SMILES string of the molecule is COc1cccc(C2C3=CCC4C(=O)N(c5ccc(C(C)=O)cc5)C(=O)C4C3CC3(Cl)C(=O)N(c4c(F)c(F)c(F)c(F)c4F)C(=O)C23Cl)c1O. The molecule has 51 heavy (non-hydrogen) atoms. The van der Waals surface area contributed by atoms with Crippen LogP contribution in [0.5, 0.6) is 11.5 Å². The molecular weight excluding hydrogens is 726 g/mol. The molecule has 3 aromatic carbocycles. The van der Waals surface area contributed by atoms with Gasteiger partial charge in [-0.2, -0.15) is 0 Å². The third-order valence-electron chi connectivity index (χ3n) is 10.3. The molecule has 4 aliphatic rings. The lowest BCUT2D eigenvalue weighted by Gasteiger charge is -2.50. The van der Waals surface area contributed by atoms with Gasteiger partial charge < -0.3 is 9.84 Å². The van der Waals surface area contributed by atoms with E-state index in [0.29, 0.717) is 5.56 Å². The smallest absolute Gasteiger partial charge is 0.258 e. The third kappa shape index (κ3) is 4.41. The summed E-state index contributed by atoms with van der Waals surface area (Å²) in [7, 11) is 1.21. The molecule has 2 aliphatic heterocycles. The van der Waals surface area contributed by atoms with Crippen LogP contribution in [0.25, 0.3) is 0 Å². The third-order valence-corrected chi connectivity index (χ3v) is 11.7. The Labute approximate surface area is 295 Å². The summed E-state index contributed by atoms with van der Waals surface area (Å²) < 4.78 is 78.6. The highest BCUT2D eigenvalue weighted by molar-refractivity contribution is 6.58. The Morgan fingerprint density at radius 1 is 0.843 bits per heavy atom. The first-order valence-corrected chi connectivity index (χ1v) is 16.1. The zero-order chi connectivity index (χ0) is 37.1. The van der Waals surface area contributed by atoms with Crippen molar-refractivity contribution in [2.45, 2.75) is 35.4 Å². The van der Waals surface area contributed by atoms with Crippen molar-refractivity contribution in [2.75, 3.05) is 16.9 Å². The van der Waals surface area contributed by atoms with Gasteiger partial charge in [0.15, 0.2) is 50.3 Å². The van der Waals surface area contributed by atoms with Gasteiger partial charge in [-0.3, -0.25) is 28.9 Å². The van der Waals surface area contributed by atoms with E-state index in [-0.39, 0.29) is 39.7 Å². The Balaban J connectivity index is 1.43. The Kier molecular flexibility index (Phi) is 7.88. The topological polar surface area (TPSA) is 121 Å². The van der Waals surface area contributed by atoms with Crippen LogP contribution in [0, 0.1) is 46.8 Å². The molecule has 6 unspecified atom stereocenters. The highest BCUT2D eigenvalue weighted by Gasteiger charge is 2.77. The number of phenols is 1. The number of rotatable bonds is 5. The van der Waals surface area contributed by atoms with Crippen molar-refractivity contribution in [3.05, 3.63) is 94.3 Å². The number of para-hydroxylation sites is 1. The molecule has 4 amide bonds. The lowest BCUT2D eigenvalue weighted by atomic mass is 9.56. The molecule has 6 atom stereocenters. The number of Topliss-reactive ketones (excluding diaryl/α,β-unsaturated/α-hetero) is 1. The molecule has 1 N–H and O–H groups in total. The average Bonchev–Trinajstić information content (AvgIpc) is 3.45. The van der Waals surface area contributed by atoms with Gasteiger partial charge in [-0.1, -0.05) is 23.8 Å². The number of anilines is 2. The van der Waals surface area contributed by atoms with Crippen LogP contribution >= 0.6 is 23.2 Å². The highest BCUT2D eigenvalue weighted by Crippen LogP contribution is 2.67. The van der Waals surface area contributed by atoms with Crippen LogP contribution in [0.4, 0.5) is 33.3 Å². The van der Waals surface area contributed by atoms with Crippen LogP contribution < -0.4 is 14.5 Å². The second kappa shape index (κ2) is 11.6. The molecule has 2 saturated heterocycles. The molecule has 0 aromatic heterocycles. The number of amides is 4. The van der Waals surface area contributed by atoms with Gasteiger partial charge in [0.1, 0.15) is 5.69 Å². The van der Waals surface area contributed by atoms with Crippen molar-refractivity contribution >= 4 is 64.0 Å². The molecule has 3 aromatic rings. The van der Waals surface area contributed by atoms with Crippen LogP contribution in [-0.2, 0) is 19.2 Å². The number of methoxy groups -OCH3 is 1. The van der Waals surface area contributed by atoms with E-state index in [1.807, 2.05) is 0 Å².